The highest BCUT2D eigenvalue weighted by atomic mass is 79.9. The van der Waals surface area contributed by atoms with Gasteiger partial charge in [0.15, 0.2) is 0 Å². The number of benzene rings is 3. The van der Waals surface area contributed by atoms with Crippen molar-refractivity contribution in [1.29, 1.82) is 0 Å². The molecule has 0 saturated carbocycles. The number of aromatic nitrogens is 2. The van der Waals surface area contributed by atoms with Gasteiger partial charge >= 0.3 is 0 Å². The molecule has 0 aliphatic carbocycles. The molecule has 0 bridgehead atoms. The molecule has 0 radical (unpaired) electrons. The zero-order valence-corrected chi connectivity index (χ0v) is 18.7. The summed E-state index contributed by atoms with van der Waals surface area (Å²) in [6, 6.07) is 17.5. The molecular formula is C24H22BrN3O2. The Kier molecular flexibility index (Phi) is 5.68. The summed E-state index contributed by atoms with van der Waals surface area (Å²) in [5.41, 5.74) is 1.31. The zero-order valence-electron chi connectivity index (χ0n) is 17.1. The van der Waals surface area contributed by atoms with E-state index in [4.69, 9.17) is 4.74 Å². The van der Waals surface area contributed by atoms with Crippen LogP contribution in [0.4, 0.5) is 0 Å². The molecule has 0 amide bonds. The van der Waals surface area contributed by atoms with Gasteiger partial charge in [-0.1, -0.05) is 53.2 Å². The molecule has 152 valence electrons. The van der Waals surface area contributed by atoms with Crippen LogP contribution in [0.5, 0.6) is 5.75 Å². The third-order valence-corrected chi connectivity index (χ3v) is 5.28. The topological polar surface area (TPSA) is 56.5 Å². The van der Waals surface area contributed by atoms with Gasteiger partial charge in [-0.15, -0.1) is 0 Å². The van der Waals surface area contributed by atoms with Crippen molar-refractivity contribution in [3.8, 4) is 5.75 Å². The van der Waals surface area contributed by atoms with Gasteiger partial charge in [0, 0.05) is 16.5 Å². The summed E-state index contributed by atoms with van der Waals surface area (Å²) >= 11 is 3.43. The first-order valence-corrected chi connectivity index (χ1v) is 10.7. The van der Waals surface area contributed by atoms with Gasteiger partial charge in [0.2, 0.25) is 0 Å². The summed E-state index contributed by atoms with van der Waals surface area (Å²) < 4.78 is 8.23. The lowest BCUT2D eigenvalue weighted by molar-refractivity contribution is 0.242. The van der Waals surface area contributed by atoms with Crippen LogP contribution in [0.3, 0.4) is 0 Å². The Morgan fingerprint density at radius 2 is 1.93 bits per heavy atom. The van der Waals surface area contributed by atoms with Crippen LogP contribution in [0.15, 0.2) is 69.0 Å². The van der Waals surface area contributed by atoms with Crippen LogP contribution >= 0.6 is 15.9 Å². The molecule has 0 unspecified atom stereocenters. The van der Waals surface area contributed by atoms with Crippen molar-refractivity contribution in [2.75, 3.05) is 0 Å². The zero-order chi connectivity index (χ0) is 21.3. The molecule has 3 aromatic carbocycles. The molecule has 0 aliphatic heterocycles. The molecule has 0 spiro atoms. The van der Waals surface area contributed by atoms with Crippen molar-refractivity contribution in [2.45, 2.75) is 33.3 Å². The maximum atomic E-state index is 13.2. The van der Waals surface area contributed by atoms with Crippen molar-refractivity contribution in [3.63, 3.8) is 0 Å². The van der Waals surface area contributed by atoms with Crippen LogP contribution in [0, 0.1) is 0 Å². The highest BCUT2D eigenvalue weighted by Gasteiger charge is 2.12. The minimum Gasteiger partial charge on any atom is -0.490 e. The van der Waals surface area contributed by atoms with Crippen LogP contribution in [-0.2, 0) is 6.42 Å². The molecule has 1 aromatic heterocycles. The predicted octanol–water partition coefficient (Wildman–Crippen LogP) is 5.54. The minimum absolute atomic E-state index is 0.0203. The molecule has 0 aliphatic rings. The lowest BCUT2D eigenvalue weighted by atomic mass is 10.0. The smallest absolute Gasteiger partial charge is 0.282 e. The fraction of sp³-hybridized carbons (Fsp3) is 0.208. The van der Waals surface area contributed by atoms with Gasteiger partial charge in [-0.3, -0.25) is 4.79 Å². The van der Waals surface area contributed by atoms with E-state index >= 15 is 0 Å². The van der Waals surface area contributed by atoms with E-state index in [1.165, 1.54) is 4.68 Å². The van der Waals surface area contributed by atoms with Crippen molar-refractivity contribution < 1.29 is 4.74 Å². The van der Waals surface area contributed by atoms with Gasteiger partial charge in [0.25, 0.3) is 5.56 Å². The molecule has 1 heterocycles. The molecule has 0 saturated heterocycles. The maximum Gasteiger partial charge on any atom is 0.282 e. The first-order valence-electron chi connectivity index (χ1n) is 9.92. The third kappa shape index (κ3) is 3.87. The standard InChI is InChI=1S/C24H22BrN3O2/c1-4-23-27-21-11-10-17(25)13-19(21)24(29)28(23)26-14-20-18-8-6-5-7-16(18)9-12-22(20)30-15(2)3/h5-15H,4H2,1-3H3. The van der Waals surface area contributed by atoms with Crippen LogP contribution < -0.4 is 10.3 Å². The molecular weight excluding hydrogens is 442 g/mol. The average Bonchev–Trinajstić information content (AvgIpc) is 2.73. The third-order valence-electron chi connectivity index (χ3n) is 4.79. The highest BCUT2D eigenvalue weighted by molar-refractivity contribution is 9.10. The molecule has 5 nitrogen and oxygen atoms in total. The van der Waals surface area contributed by atoms with Crippen molar-refractivity contribution in [2.24, 2.45) is 5.10 Å². The van der Waals surface area contributed by atoms with E-state index < -0.39 is 0 Å². The summed E-state index contributed by atoms with van der Waals surface area (Å²) in [5.74, 6) is 1.34. The Morgan fingerprint density at radius 3 is 2.70 bits per heavy atom. The van der Waals surface area contributed by atoms with Crippen LogP contribution in [0.1, 0.15) is 32.2 Å². The maximum absolute atomic E-state index is 13.2. The molecule has 4 rings (SSSR count). The number of ether oxygens (including phenoxy) is 1. The number of aryl methyl sites for hydroxylation is 1. The van der Waals surface area contributed by atoms with E-state index in [0.29, 0.717) is 23.1 Å². The summed E-state index contributed by atoms with van der Waals surface area (Å²) in [6.07, 6.45) is 2.31. The molecule has 0 N–H and O–H groups in total. The monoisotopic (exact) mass is 463 g/mol. The van der Waals surface area contributed by atoms with E-state index in [1.54, 1.807) is 12.3 Å². The summed E-state index contributed by atoms with van der Waals surface area (Å²) in [5, 5.41) is 7.19. The molecule has 30 heavy (non-hydrogen) atoms. The van der Waals surface area contributed by atoms with Gasteiger partial charge in [0.05, 0.1) is 23.2 Å². The molecule has 0 fully saturated rings. The quantitative estimate of drug-likeness (QED) is 0.364. The second-order valence-electron chi connectivity index (χ2n) is 7.27. The van der Waals surface area contributed by atoms with E-state index in [0.717, 1.165) is 26.6 Å². The van der Waals surface area contributed by atoms with Crippen molar-refractivity contribution in [3.05, 3.63) is 80.8 Å². The second kappa shape index (κ2) is 8.40. The Balaban J connectivity index is 1.92. The summed E-state index contributed by atoms with van der Waals surface area (Å²) in [6.45, 7) is 5.94. The predicted molar refractivity (Wildman–Crippen MR) is 126 cm³/mol. The second-order valence-corrected chi connectivity index (χ2v) is 8.19. The highest BCUT2D eigenvalue weighted by Crippen LogP contribution is 2.27. The number of hydrogen-bond donors (Lipinski definition) is 0. The lowest BCUT2D eigenvalue weighted by Gasteiger charge is -2.14. The Bertz CT molecular complexity index is 1330. The van der Waals surface area contributed by atoms with E-state index in [2.05, 4.69) is 26.0 Å². The normalized spacial score (nSPS) is 11.8. The minimum atomic E-state index is -0.194. The largest absolute Gasteiger partial charge is 0.490 e. The van der Waals surface area contributed by atoms with E-state index in [9.17, 15) is 4.79 Å². The van der Waals surface area contributed by atoms with Gasteiger partial charge in [-0.25, -0.2) is 4.98 Å². The van der Waals surface area contributed by atoms with Gasteiger partial charge in [0.1, 0.15) is 11.6 Å². The first kappa shape index (κ1) is 20.3. The number of hydrogen-bond acceptors (Lipinski definition) is 4. The fourth-order valence-corrected chi connectivity index (χ4v) is 3.78. The number of fused-ring (bicyclic) bond motifs is 2. The Morgan fingerprint density at radius 1 is 1.13 bits per heavy atom. The summed E-state index contributed by atoms with van der Waals surface area (Å²) in [7, 11) is 0. The van der Waals surface area contributed by atoms with Crippen LogP contribution in [-0.4, -0.2) is 22.0 Å². The first-order chi connectivity index (χ1) is 14.5. The average molecular weight is 464 g/mol. The lowest BCUT2D eigenvalue weighted by Crippen LogP contribution is -2.22. The van der Waals surface area contributed by atoms with Gasteiger partial charge in [-0.05, 0) is 48.9 Å². The van der Waals surface area contributed by atoms with Crippen molar-refractivity contribution >= 4 is 43.8 Å². The Hall–Kier alpha value is -2.99. The number of nitrogens with zero attached hydrogens (tertiary/aromatic N) is 3. The Labute approximate surface area is 183 Å². The fourth-order valence-electron chi connectivity index (χ4n) is 3.42. The number of rotatable bonds is 5. The van der Waals surface area contributed by atoms with Crippen LogP contribution in [0.25, 0.3) is 21.7 Å². The van der Waals surface area contributed by atoms with Crippen molar-refractivity contribution in [1.82, 2.24) is 9.66 Å². The van der Waals surface area contributed by atoms with E-state index in [1.807, 2.05) is 69.3 Å². The van der Waals surface area contributed by atoms with Crippen LogP contribution in [0.2, 0.25) is 0 Å². The molecule has 0 atom stereocenters. The van der Waals surface area contributed by atoms with Gasteiger partial charge in [-0.2, -0.15) is 9.78 Å². The number of halogens is 1. The van der Waals surface area contributed by atoms with Gasteiger partial charge < -0.3 is 4.74 Å². The molecule has 4 aromatic rings. The molecule has 6 heteroatoms. The van der Waals surface area contributed by atoms with E-state index in [-0.39, 0.29) is 11.7 Å². The SMILES string of the molecule is CCc1nc2ccc(Br)cc2c(=O)n1N=Cc1c(OC(C)C)ccc2ccccc12. The summed E-state index contributed by atoms with van der Waals surface area (Å²) in [4.78, 5) is 17.8.